The van der Waals surface area contributed by atoms with Crippen LogP contribution in [0.2, 0.25) is 0 Å². The molecule has 0 spiro atoms. The number of fused-ring (bicyclic) bond motifs is 2. The van der Waals surface area contributed by atoms with Gasteiger partial charge in [0.25, 0.3) is 0 Å². The second-order valence-electron chi connectivity index (χ2n) is 2.72. The predicted molar refractivity (Wildman–Crippen MR) is 28.2 cm³/mol. The molecule has 0 amide bonds. The number of hydrogen-bond donors (Lipinski definition) is 1. The van der Waals surface area contributed by atoms with E-state index in [0.29, 0.717) is 12.0 Å². The first kappa shape index (κ1) is 4.77. The molecule has 0 radical (unpaired) electrons. The van der Waals surface area contributed by atoms with Gasteiger partial charge in [-0.25, -0.2) is 0 Å². The lowest BCUT2D eigenvalue weighted by Crippen LogP contribution is -2.19. The van der Waals surface area contributed by atoms with Gasteiger partial charge in [-0.1, -0.05) is 0 Å². The van der Waals surface area contributed by atoms with Crippen molar-refractivity contribution >= 4 is 0 Å². The summed E-state index contributed by atoms with van der Waals surface area (Å²) in [6.07, 6.45) is 3.41. The Morgan fingerprint density at radius 2 is 2.25 bits per heavy atom. The van der Waals surface area contributed by atoms with Crippen molar-refractivity contribution in [2.45, 2.75) is 31.7 Å². The Kier molecular flexibility index (Phi) is 0.866. The van der Waals surface area contributed by atoms with Crippen LogP contribution in [0.15, 0.2) is 0 Å². The van der Waals surface area contributed by atoms with E-state index >= 15 is 0 Å². The van der Waals surface area contributed by atoms with Crippen molar-refractivity contribution in [3.05, 3.63) is 0 Å². The lowest BCUT2D eigenvalue weighted by atomic mass is 10.1. The molecule has 2 heteroatoms. The molecule has 2 aliphatic rings. The number of aliphatic hydroxyl groups is 1. The largest absolute Gasteiger partial charge is 0.368 e. The van der Waals surface area contributed by atoms with Crippen LogP contribution in [0.5, 0.6) is 0 Å². The lowest BCUT2D eigenvalue weighted by Gasteiger charge is -2.15. The van der Waals surface area contributed by atoms with Crippen LogP contribution in [0.25, 0.3) is 0 Å². The summed E-state index contributed by atoms with van der Waals surface area (Å²) in [6.45, 7) is 0. The summed E-state index contributed by atoms with van der Waals surface area (Å²) in [7, 11) is 0. The van der Waals surface area contributed by atoms with Crippen LogP contribution in [0.3, 0.4) is 0 Å². The molecule has 1 saturated carbocycles. The van der Waals surface area contributed by atoms with E-state index in [4.69, 9.17) is 9.84 Å². The maximum absolute atomic E-state index is 9.00. The van der Waals surface area contributed by atoms with Crippen molar-refractivity contribution in [2.75, 3.05) is 0 Å². The molecule has 3 atom stereocenters. The maximum atomic E-state index is 9.00. The van der Waals surface area contributed by atoms with Crippen LogP contribution in [-0.4, -0.2) is 17.5 Å². The summed E-state index contributed by atoms with van der Waals surface area (Å²) in [4.78, 5) is 0. The molecule has 1 heterocycles. The number of rotatable bonds is 0. The molecule has 0 aromatic carbocycles. The van der Waals surface area contributed by atoms with E-state index in [2.05, 4.69) is 0 Å². The minimum Gasteiger partial charge on any atom is -0.368 e. The summed E-state index contributed by atoms with van der Waals surface area (Å²) in [5.41, 5.74) is 0. The molecule has 1 aliphatic heterocycles. The maximum Gasteiger partial charge on any atom is 0.157 e. The molecular weight excluding hydrogens is 104 g/mol. The molecule has 2 nitrogen and oxygen atoms in total. The Hall–Kier alpha value is -0.0800. The van der Waals surface area contributed by atoms with E-state index in [-0.39, 0.29) is 0 Å². The smallest absolute Gasteiger partial charge is 0.157 e. The fraction of sp³-hybridized carbons (Fsp3) is 1.00. The zero-order valence-electron chi connectivity index (χ0n) is 4.71. The summed E-state index contributed by atoms with van der Waals surface area (Å²) < 4.78 is 5.12. The second kappa shape index (κ2) is 1.45. The third kappa shape index (κ3) is 0.501. The van der Waals surface area contributed by atoms with E-state index in [1.54, 1.807) is 0 Å². The average molecular weight is 114 g/mol. The fourth-order valence-corrected chi connectivity index (χ4v) is 1.66. The predicted octanol–water partition coefficient (Wildman–Crippen LogP) is 0.504. The van der Waals surface area contributed by atoms with Gasteiger partial charge in [-0.05, 0) is 19.3 Å². The fourth-order valence-electron chi connectivity index (χ4n) is 1.66. The molecular formula is C6H10O2. The highest BCUT2D eigenvalue weighted by atomic mass is 16.6. The molecule has 8 heavy (non-hydrogen) atoms. The molecule has 3 unspecified atom stereocenters. The molecule has 1 aliphatic carbocycles. The van der Waals surface area contributed by atoms with Crippen molar-refractivity contribution < 1.29 is 9.84 Å². The van der Waals surface area contributed by atoms with Gasteiger partial charge in [-0.2, -0.15) is 0 Å². The summed E-state index contributed by atoms with van der Waals surface area (Å²) in [5.74, 6) is 0.472. The van der Waals surface area contributed by atoms with E-state index in [9.17, 15) is 0 Å². The van der Waals surface area contributed by atoms with E-state index < -0.39 is 6.29 Å². The highest BCUT2D eigenvalue weighted by molar-refractivity contribution is 4.84. The molecule has 0 aromatic rings. The summed E-state index contributed by atoms with van der Waals surface area (Å²) >= 11 is 0. The standard InChI is InChI=1S/C6H10O2/c7-6-4-1-2-5(3-4)8-6/h4-7H,1-3H2. The van der Waals surface area contributed by atoms with Crippen LogP contribution < -0.4 is 0 Å². The van der Waals surface area contributed by atoms with Gasteiger partial charge in [0, 0.05) is 5.92 Å². The van der Waals surface area contributed by atoms with E-state index in [1.165, 1.54) is 12.8 Å². The second-order valence-corrected chi connectivity index (χ2v) is 2.72. The highest BCUT2D eigenvalue weighted by Gasteiger charge is 2.39. The Bertz CT molecular complexity index is 101. The molecule has 46 valence electrons. The van der Waals surface area contributed by atoms with Crippen molar-refractivity contribution in [3.8, 4) is 0 Å². The molecule has 2 fully saturated rings. The Labute approximate surface area is 48.5 Å². The highest BCUT2D eigenvalue weighted by Crippen LogP contribution is 2.38. The minimum atomic E-state index is -0.422. The van der Waals surface area contributed by atoms with Crippen molar-refractivity contribution in [1.82, 2.24) is 0 Å². The van der Waals surface area contributed by atoms with E-state index in [0.717, 1.165) is 6.42 Å². The Balaban J connectivity index is 2.11. The van der Waals surface area contributed by atoms with Gasteiger partial charge in [-0.15, -0.1) is 0 Å². The molecule has 1 N–H and O–H groups in total. The third-order valence-electron chi connectivity index (χ3n) is 2.16. The van der Waals surface area contributed by atoms with Gasteiger partial charge in [-0.3, -0.25) is 0 Å². The van der Waals surface area contributed by atoms with Crippen LogP contribution in [0, 0.1) is 5.92 Å². The Morgan fingerprint density at radius 3 is 2.50 bits per heavy atom. The van der Waals surface area contributed by atoms with Gasteiger partial charge in [0.1, 0.15) is 0 Å². The summed E-state index contributed by atoms with van der Waals surface area (Å²) in [5, 5.41) is 9.00. The van der Waals surface area contributed by atoms with Crippen LogP contribution in [0.4, 0.5) is 0 Å². The molecule has 2 bridgehead atoms. The van der Waals surface area contributed by atoms with Crippen molar-refractivity contribution in [1.29, 1.82) is 0 Å². The van der Waals surface area contributed by atoms with Crippen LogP contribution >= 0.6 is 0 Å². The molecule has 0 aromatic heterocycles. The number of aliphatic hydroxyl groups excluding tert-OH is 1. The first-order valence-electron chi connectivity index (χ1n) is 3.20. The van der Waals surface area contributed by atoms with E-state index in [1.807, 2.05) is 0 Å². The van der Waals surface area contributed by atoms with Crippen LogP contribution in [-0.2, 0) is 4.74 Å². The third-order valence-corrected chi connectivity index (χ3v) is 2.16. The summed E-state index contributed by atoms with van der Waals surface area (Å²) in [6, 6.07) is 0. The first-order valence-corrected chi connectivity index (χ1v) is 3.20. The zero-order valence-corrected chi connectivity index (χ0v) is 4.71. The SMILES string of the molecule is OC1OC2CCC1C2. The Morgan fingerprint density at radius 1 is 1.38 bits per heavy atom. The van der Waals surface area contributed by atoms with Gasteiger partial charge in [0.05, 0.1) is 6.10 Å². The lowest BCUT2D eigenvalue weighted by molar-refractivity contribution is -0.129. The minimum absolute atomic E-state index is 0.398. The quantitative estimate of drug-likeness (QED) is 0.497. The van der Waals surface area contributed by atoms with Crippen molar-refractivity contribution in [2.24, 2.45) is 5.92 Å². The average Bonchev–Trinajstić information content (AvgIpc) is 2.23. The van der Waals surface area contributed by atoms with Crippen LogP contribution in [0.1, 0.15) is 19.3 Å². The van der Waals surface area contributed by atoms with Crippen molar-refractivity contribution in [3.63, 3.8) is 0 Å². The normalized spacial score (nSPS) is 52.9. The molecule has 1 saturated heterocycles. The topological polar surface area (TPSA) is 29.5 Å². The zero-order chi connectivity index (χ0) is 5.56. The monoisotopic (exact) mass is 114 g/mol. The molecule has 2 rings (SSSR count). The first-order chi connectivity index (χ1) is 3.86. The van der Waals surface area contributed by atoms with Gasteiger partial charge < -0.3 is 9.84 Å². The number of hydrogen-bond acceptors (Lipinski definition) is 2. The van der Waals surface area contributed by atoms with Gasteiger partial charge in [0.2, 0.25) is 0 Å². The van der Waals surface area contributed by atoms with Gasteiger partial charge in [0.15, 0.2) is 6.29 Å². The van der Waals surface area contributed by atoms with Gasteiger partial charge >= 0.3 is 0 Å². The number of ether oxygens (including phenoxy) is 1.